The van der Waals surface area contributed by atoms with Gasteiger partial charge in [-0.2, -0.15) is 0 Å². The molecule has 1 rings (SSSR count). The van der Waals surface area contributed by atoms with Gasteiger partial charge in [-0.1, -0.05) is 0 Å². The summed E-state index contributed by atoms with van der Waals surface area (Å²) in [6.45, 7) is 4.22. The quantitative estimate of drug-likeness (QED) is 0.542. The van der Waals surface area contributed by atoms with Crippen molar-refractivity contribution in [3.05, 3.63) is 0 Å². The van der Waals surface area contributed by atoms with Crippen LogP contribution in [-0.2, 0) is 14.3 Å². The Balaban J connectivity index is 1.89. The number of hydrogen-bond acceptors (Lipinski definition) is 4. The Labute approximate surface area is 96.7 Å². The fourth-order valence-electron chi connectivity index (χ4n) is 1.40. The molecule has 0 spiro atoms. The fourth-order valence-corrected chi connectivity index (χ4v) is 1.40. The normalized spacial score (nSPS) is 17.1. The van der Waals surface area contributed by atoms with Crippen molar-refractivity contribution in [1.29, 1.82) is 0 Å². The third kappa shape index (κ3) is 6.05. The summed E-state index contributed by atoms with van der Waals surface area (Å²) in [7, 11) is 0. The first-order chi connectivity index (χ1) is 7.74. The molecule has 1 saturated carbocycles. The largest absolute Gasteiger partial charge is 0.379 e. The van der Waals surface area contributed by atoms with E-state index in [0.29, 0.717) is 32.3 Å². The number of carbonyl (C=O) groups is 1. The van der Waals surface area contributed by atoms with Gasteiger partial charge in [0.25, 0.3) is 0 Å². The molecule has 1 aliphatic rings. The molecule has 0 aromatic heterocycles. The molecule has 16 heavy (non-hydrogen) atoms. The van der Waals surface area contributed by atoms with Crippen LogP contribution >= 0.6 is 0 Å². The first kappa shape index (κ1) is 13.4. The van der Waals surface area contributed by atoms with E-state index in [1.807, 2.05) is 6.92 Å². The molecule has 1 atom stereocenters. The number of rotatable bonds is 9. The maximum Gasteiger partial charge on any atom is 0.246 e. The number of amides is 1. The van der Waals surface area contributed by atoms with Gasteiger partial charge in [0.1, 0.15) is 6.61 Å². The second-order valence-corrected chi connectivity index (χ2v) is 4.05. The van der Waals surface area contributed by atoms with Crippen LogP contribution in [0.3, 0.4) is 0 Å². The van der Waals surface area contributed by atoms with Gasteiger partial charge < -0.3 is 20.5 Å². The van der Waals surface area contributed by atoms with Crippen molar-refractivity contribution >= 4 is 5.91 Å². The molecule has 1 fully saturated rings. The SMILES string of the molecule is CCOCCOCC(=O)NCC(N)C1CC1. The highest BCUT2D eigenvalue weighted by molar-refractivity contribution is 5.77. The smallest absolute Gasteiger partial charge is 0.246 e. The molecule has 94 valence electrons. The number of hydrogen-bond donors (Lipinski definition) is 2. The van der Waals surface area contributed by atoms with E-state index in [4.69, 9.17) is 15.2 Å². The number of ether oxygens (including phenoxy) is 2. The van der Waals surface area contributed by atoms with Gasteiger partial charge in [0.15, 0.2) is 0 Å². The number of nitrogens with two attached hydrogens (primary N) is 1. The number of nitrogens with one attached hydrogen (secondary N) is 1. The molecule has 0 aromatic rings. The maximum absolute atomic E-state index is 11.3. The first-order valence-electron chi connectivity index (χ1n) is 5.91. The Hall–Kier alpha value is -0.650. The Bertz CT molecular complexity index is 207. The van der Waals surface area contributed by atoms with Crippen molar-refractivity contribution in [1.82, 2.24) is 5.32 Å². The van der Waals surface area contributed by atoms with Crippen LogP contribution in [0.5, 0.6) is 0 Å². The predicted octanol–water partition coefficient (Wildman–Crippen LogP) is -0.107. The third-order valence-electron chi connectivity index (χ3n) is 2.57. The second-order valence-electron chi connectivity index (χ2n) is 4.05. The molecule has 0 saturated heterocycles. The third-order valence-corrected chi connectivity index (χ3v) is 2.57. The molecule has 0 aliphatic heterocycles. The van der Waals surface area contributed by atoms with E-state index in [-0.39, 0.29) is 18.6 Å². The van der Waals surface area contributed by atoms with Crippen LogP contribution in [0.25, 0.3) is 0 Å². The molecule has 3 N–H and O–H groups in total. The van der Waals surface area contributed by atoms with E-state index in [9.17, 15) is 4.79 Å². The topological polar surface area (TPSA) is 73.6 Å². The van der Waals surface area contributed by atoms with Crippen molar-refractivity contribution in [2.24, 2.45) is 11.7 Å². The van der Waals surface area contributed by atoms with Crippen molar-refractivity contribution in [3.8, 4) is 0 Å². The second kappa shape index (κ2) is 7.60. The molecule has 0 heterocycles. The van der Waals surface area contributed by atoms with Crippen LogP contribution in [0.2, 0.25) is 0 Å². The monoisotopic (exact) mass is 230 g/mol. The Morgan fingerprint density at radius 2 is 2.12 bits per heavy atom. The standard InChI is InChI=1S/C11H22N2O3/c1-2-15-5-6-16-8-11(14)13-7-10(12)9-3-4-9/h9-10H,2-8,12H2,1H3,(H,13,14). The van der Waals surface area contributed by atoms with Gasteiger partial charge in [-0.05, 0) is 25.7 Å². The Morgan fingerprint density at radius 3 is 2.75 bits per heavy atom. The first-order valence-corrected chi connectivity index (χ1v) is 5.91. The maximum atomic E-state index is 11.3. The van der Waals surface area contributed by atoms with E-state index in [0.717, 1.165) is 0 Å². The van der Waals surface area contributed by atoms with Gasteiger partial charge >= 0.3 is 0 Å². The van der Waals surface area contributed by atoms with Crippen molar-refractivity contribution < 1.29 is 14.3 Å². The van der Waals surface area contributed by atoms with Gasteiger partial charge in [-0.3, -0.25) is 4.79 Å². The Kier molecular flexibility index (Phi) is 6.37. The van der Waals surface area contributed by atoms with E-state index in [1.165, 1.54) is 12.8 Å². The molecular weight excluding hydrogens is 208 g/mol. The van der Waals surface area contributed by atoms with E-state index < -0.39 is 0 Å². The molecule has 1 amide bonds. The molecule has 5 nitrogen and oxygen atoms in total. The van der Waals surface area contributed by atoms with Crippen LogP contribution in [-0.4, -0.2) is 44.9 Å². The van der Waals surface area contributed by atoms with Gasteiger partial charge in [0.05, 0.1) is 13.2 Å². The van der Waals surface area contributed by atoms with Crippen LogP contribution in [0, 0.1) is 5.92 Å². The lowest BCUT2D eigenvalue weighted by Crippen LogP contribution is -2.40. The molecule has 0 bridgehead atoms. The summed E-state index contributed by atoms with van der Waals surface area (Å²) >= 11 is 0. The summed E-state index contributed by atoms with van der Waals surface area (Å²) in [5.74, 6) is 0.506. The van der Waals surface area contributed by atoms with E-state index in [1.54, 1.807) is 0 Å². The lowest BCUT2D eigenvalue weighted by molar-refractivity contribution is -0.126. The van der Waals surface area contributed by atoms with E-state index >= 15 is 0 Å². The van der Waals surface area contributed by atoms with Gasteiger partial charge in [0, 0.05) is 19.2 Å². The predicted molar refractivity (Wildman–Crippen MR) is 61.0 cm³/mol. The zero-order valence-corrected chi connectivity index (χ0v) is 9.91. The van der Waals surface area contributed by atoms with E-state index in [2.05, 4.69) is 5.32 Å². The summed E-state index contributed by atoms with van der Waals surface area (Å²) in [5, 5.41) is 2.76. The van der Waals surface area contributed by atoms with Crippen molar-refractivity contribution in [2.45, 2.75) is 25.8 Å². The minimum atomic E-state index is -0.104. The summed E-state index contributed by atoms with van der Waals surface area (Å²) in [6, 6.07) is 0.104. The summed E-state index contributed by atoms with van der Waals surface area (Å²) < 4.78 is 10.2. The lowest BCUT2D eigenvalue weighted by atomic mass is 10.2. The van der Waals surface area contributed by atoms with Gasteiger partial charge in [-0.25, -0.2) is 0 Å². The zero-order valence-electron chi connectivity index (χ0n) is 9.91. The van der Waals surface area contributed by atoms with Crippen LogP contribution in [0.4, 0.5) is 0 Å². The minimum Gasteiger partial charge on any atom is -0.379 e. The average molecular weight is 230 g/mol. The fraction of sp³-hybridized carbons (Fsp3) is 0.909. The zero-order chi connectivity index (χ0) is 11.8. The van der Waals surface area contributed by atoms with Crippen molar-refractivity contribution in [2.75, 3.05) is 33.0 Å². The summed E-state index contributed by atoms with van der Waals surface area (Å²) in [6.07, 6.45) is 2.39. The molecule has 0 radical (unpaired) electrons. The summed E-state index contributed by atoms with van der Waals surface area (Å²) in [5.41, 5.74) is 5.85. The highest BCUT2D eigenvalue weighted by Gasteiger charge is 2.28. The molecular formula is C11H22N2O3. The molecule has 5 heteroatoms. The highest BCUT2D eigenvalue weighted by Crippen LogP contribution is 2.31. The summed E-state index contributed by atoms with van der Waals surface area (Å²) in [4.78, 5) is 11.3. The van der Waals surface area contributed by atoms with Crippen LogP contribution in [0.1, 0.15) is 19.8 Å². The molecule has 1 unspecified atom stereocenters. The van der Waals surface area contributed by atoms with Gasteiger partial charge in [-0.15, -0.1) is 0 Å². The average Bonchev–Trinajstić information content (AvgIpc) is 3.09. The van der Waals surface area contributed by atoms with Gasteiger partial charge in [0.2, 0.25) is 5.91 Å². The van der Waals surface area contributed by atoms with Crippen LogP contribution < -0.4 is 11.1 Å². The highest BCUT2D eigenvalue weighted by atomic mass is 16.5. The molecule has 0 aromatic carbocycles. The van der Waals surface area contributed by atoms with Crippen LogP contribution in [0.15, 0.2) is 0 Å². The minimum absolute atomic E-state index is 0.0878. The number of carbonyl (C=O) groups excluding carboxylic acids is 1. The molecule has 1 aliphatic carbocycles. The Morgan fingerprint density at radius 1 is 1.44 bits per heavy atom. The lowest BCUT2D eigenvalue weighted by Gasteiger charge is -2.11. The van der Waals surface area contributed by atoms with Crippen molar-refractivity contribution in [3.63, 3.8) is 0 Å².